The first-order valence-corrected chi connectivity index (χ1v) is 11.0. The molecule has 0 radical (unpaired) electrons. The van der Waals surface area contributed by atoms with Crippen LogP contribution < -0.4 is 9.61 Å². The highest BCUT2D eigenvalue weighted by Gasteiger charge is 2.41. The van der Waals surface area contributed by atoms with E-state index in [0.29, 0.717) is 5.75 Å². The Bertz CT molecular complexity index is 718. The lowest BCUT2D eigenvalue weighted by Crippen LogP contribution is -2.37. The number of methoxy groups -OCH3 is 1. The molecule has 0 aliphatic carbocycles. The van der Waals surface area contributed by atoms with Crippen molar-refractivity contribution in [3.05, 3.63) is 29.3 Å². The van der Waals surface area contributed by atoms with Gasteiger partial charge in [0.2, 0.25) is 0 Å². The maximum Gasteiger partial charge on any atom is 0.424 e. The third-order valence-electron chi connectivity index (χ3n) is 4.02. The fraction of sp³-hybridized carbons (Fsp3) is 0.600. The van der Waals surface area contributed by atoms with Crippen LogP contribution in [0.5, 0.6) is 5.75 Å². The van der Waals surface area contributed by atoms with Gasteiger partial charge in [-0.15, -0.1) is 0 Å². The monoisotopic (exact) mass is 413 g/mol. The average molecular weight is 413 g/mol. The van der Waals surface area contributed by atoms with Crippen molar-refractivity contribution in [2.75, 3.05) is 7.11 Å². The topological polar surface area (TPSA) is 90.9 Å². The smallest absolute Gasteiger partial charge is 0.424 e. The second-order valence-corrected chi connectivity index (χ2v) is 9.43. The number of carbonyl (C=O) groups excluding carboxylic acids is 2. The summed E-state index contributed by atoms with van der Waals surface area (Å²) in [6.07, 6.45) is -0.343. The van der Waals surface area contributed by atoms with Gasteiger partial charge in [0.05, 0.1) is 13.2 Å². The molecule has 28 heavy (non-hydrogen) atoms. The molecule has 7 nitrogen and oxygen atoms in total. The zero-order chi connectivity index (χ0) is 21.6. The summed E-state index contributed by atoms with van der Waals surface area (Å²) in [6, 6.07) is 4.60. The summed E-state index contributed by atoms with van der Waals surface area (Å²) in [5.74, 6) is -0.117. The second kappa shape index (κ2) is 10.1. The lowest BCUT2D eigenvalue weighted by molar-refractivity contribution is -0.149. The molecule has 0 bridgehead atoms. The number of para-hydroxylation sites is 1. The minimum Gasteiger partial charge on any atom is -0.462 e. The first kappa shape index (κ1) is 24.2. The van der Waals surface area contributed by atoms with Crippen molar-refractivity contribution in [2.45, 2.75) is 72.4 Å². The number of hydrogen-bond acceptors (Lipinski definition) is 6. The summed E-state index contributed by atoms with van der Waals surface area (Å²) in [5.41, 5.74) is 0.564. The molecule has 0 unspecified atom stereocenters. The first-order chi connectivity index (χ1) is 12.9. The number of hydrogen-bond donors (Lipinski definition) is 1. The Labute approximate surface area is 167 Å². The molecule has 1 rings (SSSR count). The number of nitrogens with one attached hydrogen (secondary N) is 1. The molecule has 0 aromatic heterocycles. The van der Waals surface area contributed by atoms with Crippen molar-refractivity contribution in [1.82, 2.24) is 5.09 Å². The first-order valence-electron chi connectivity index (χ1n) is 9.42. The van der Waals surface area contributed by atoms with Crippen LogP contribution in [0.1, 0.15) is 71.4 Å². The molecule has 1 N–H and O–H groups in total. The van der Waals surface area contributed by atoms with E-state index in [1.807, 2.05) is 45.9 Å². The molecule has 8 heteroatoms. The molecule has 0 saturated heterocycles. The summed E-state index contributed by atoms with van der Waals surface area (Å²) in [7, 11) is -3.11. The maximum absolute atomic E-state index is 13.4. The van der Waals surface area contributed by atoms with Crippen LogP contribution in [0.2, 0.25) is 0 Å². The van der Waals surface area contributed by atoms with Crippen molar-refractivity contribution in [1.29, 1.82) is 0 Å². The summed E-state index contributed by atoms with van der Waals surface area (Å²) >= 11 is 0. The van der Waals surface area contributed by atoms with E-state index in [0.717, 1.165) is 18.2 Å². The van der Waals surface area contributed by atoms with Crippen molar-refractivity contribution in [3.63, 3.8) is 0 Å². The van der Waals surface area contributed by atoms with Crippen LogP contribution in [0.15, 0.2) is 18.2 Å². The van der Waals surface area contributed by atoms with Crippen LogP contribution in [0.25, 0.3) is 0 Å². The van der Waals surface area contributed by atoms with Gasteiger partial charge in [-0.25, -0.2) is 14.4 Å². The van der Waals surface area contributed by atoms with Crippen LogP contribution in [-0.2, 0) is 18.8 Å². The molecule has 0 aliphatic rings. The molecule has 0 fully saturated rings. The highest BCUT2D eigenvalue weighted by atomic mass is 31.2. The van der Waals surface area contributed by atoms with Crippen LogP contribution in [0.4, 0.5) is 4.79 Å². The highest BCUT2D eigenvalue weighted by molar-refractivity contribution is 7.74. The normalized spacial score (nSPS) is 14.7. The summed E-state index contributed by atoms with van der Waals surface area (Å²) < 4.78 is 29.1. The summed E-state index contributed by atoms with van der Waals surface area (Å²) in [5, 5.41) is 2.51. The van der Waals surface area contributed by atoms with Crippen LogP contribution >= 0.6 is 7.52 Å². The van der Waals surface area contributed by atoms with Crippen LogP contribution in [0, 0.1) is 0 Å². The minimum absolute atomic E-state index is 0.0723. The van der Waals surface area contributed by atoms with Crippen molar-refractivity contribution in [2.24, 2.45) is 0 Å². The number of ether oxygens (including phenoxy) is 2. The number of esters is 1. The Hall–Kier alpha value is -1.85. The number of rotatable bonds is 9. The van der Waals surface area contributed by atoms with E-state index in [1.54, 1.807) is 13.8 Å². The quantitative estimate of drug-likeness (QED) is 0.439. The number of benzene rings is 1. The van der Waals surface area contributed by atoms with E-state index in [2.05, 4.69) is 5.09 Å². The molecular formula is C20H32NO6P. The minimum atomic E-state index is -4.23. The lowest BCUT2D eigenvalue weighted by Gasteiger charge is -2.26. The van der Waals surface area contributed by atoms with Gasteiger partial charge in [-0.2, -0.15) is 0 Å². The highest BCUT2D eigenvalue weighted by Crippen LogP contribution is 2.49. The number of carbonyl (C=O) groups is 2. The van der Waals surface area contributed by atoms with E-state index in [9.17, 15) is 14.2 Å². The molecule has 0 amide bonds. The van der Waals surface area contributed by atoms with E-state index in [1.165, 1.54) is 6.92 Å². The predicted molar refractivity (Wildman–Crippen MR) is 109 cm³/mol. The second-order valence-electron chi connectivity index (χ2n) is 7.52. The van der Waals surface area contributed by atoms with Gasteiger partial charge in [0, 0.05) is 0 Å². The molecule has 1 aromatic rings. The van der Waals surface area contributed by atoms with Crippen LogP contribution in [-0.4, -0.2) is 30.9 Å². The zero-order valence-electron chi connectivity index (χ0n) is 17.9. The Morgan fingerprint density at radius 1 is 0.964 bits per heavy atom. The molecule has 158 valence electrons. The van der Waals surface area contributed by atoms with Gasteiger partial charge >= 0.3 is 19.2 Å². The Morgan fingerprint density at radius 2 is 1.46 bits per heavy atom. The predicted octanol–water partition coefficient (Wildman–Crippen LogP) is 5.20. The standard InChI is InChI=1S/C20H32NO6P/c1-12(2)16-10-9-11-17(13(3)4)18(16)27-28(24,20(23)25-8)21-15(7)19(22)26-14(5)6/h9-15H,1-8H3,(H,21,24)/t15-,28+/m0/s1. The van der Waals surface area contributed by atoms with Gasteiger partial charge in [0.15, 0.2) is 0 Å². The third kappa shape index (κ3) is 6.08. The third-order valence-corrected chi connectivity index (χ3v) is 5.85. The fourth-order valence-electron chi connectivity index (χ4n) is 2.60. The van der Waals surface area contributed by atoms with Crippen molar-refractivity contribution < 1.29 is 28.2 Å². The van der Waals surface area contributed by atoms with Gasteiger partial charge in [-0.05, 0) is 43.7 Å². The molecule has 1 aromatic carbocycles. The molecule has 0 aliphatic heterocycles. The molecular weight excluding hydrogens is 381 g/mol. The Balaban J connectivity index is 3.36. The van der Waals surface area contributed by atoms with Gasteiger partial charge in [0.1, 0.15) is 11.8 Å². The Kier molecular flexibility index (Phi) is 8.71. The van der Waals surface area contributed by atoms with Crippen LogP contribution in [0.3, 0.4) is 0 Å². The molecule has 2 atom stereocenters. The SMILES string of the molecule is COC(=O)[P@](=O)(N[C@@H](C)C(=O)OC(C)C)Oc1c(C(C)C)cccc1C(C)C. The van der Waals surface area contributed by atoms with Gasteiger partial charge < -0.3 is 14.0 Å². The zero-order valence-corrected chi connectivity index (χ0v) is 18.8. The largest absolute Gasteiger partial charge is 0.462 e. The van der Waals surface area contributed by atoms with E-state index < -0.39 is 25.2 Å². The van der Waals surface area contributed by atoms with E-state index >= 15 is 0 Å². The molecule has 0 saturated carbocycles. The maximum atomic E-state index is 13.4. The van der Waals surface area contributed by atoms with Gasteiger partial charge in [-0.1, -0.05) is 45.9 Å². The van der Waals surface area contributed by atoms with E-state index in [-0.39, 0.29) is 17.9 Å². The lowest BCUT2D eigenvalue weighted by atomic mass is 9.94. The Morgan fingerprint density at radius 3 is 1.86 bits per heavy atom. The van der Waals surface area contributed by atoms with Gasteiger partial charge in [0.25, 0.3) is 0 Å². The van der Waals surface area contributed by atoms with Gasteiger partial charge in [-0.3, -0.25) is 4.79 Å². The fourth-order valence-corrected chi connectivity index (χ4v) is 4.15. The van der Waals surface area contributed by atoms with Crippen molar-refractivity contribution in [3.8, 4) is 5.75 Å². The van der Waals surface area contributed by atoms with E-state index in [4.69, 9.17) is 14.0 Å². The molecule has 0 spiro atoms. The van der Waals surface area contributed by atoms with Crippen molar-refractivity contribution >= 4 is 19.2 Å². The average Bonchev–Trinajstić information content (AvgIpc) is 2.59. The molecule has 0 heterocycles. The summed E-state index contributed by atoms with van der Waals surface area (Å²) in [6.45, 7) is 12.8. The summed E-state index contributed by atoms with van der Waals surface area (Å²) in [4.78, 5) is 24.5.